The SMILES string of the molecule is CCCNCC1CCCN(S(=O)(=O)NC(CC)C(C)C)C1. The van der Waals surface area contributed by atoms with Crippen LogP contribution in [0.15, 0.2) is 0 Å². The van der Waals surface area contributed by atoms with E-state index in [0.29, 0.717) is 24.9 Å². The lowest BCUT2D eigenvalue weighted by Gasteiger charge is -2.33. The van der Waals surface area contributed by atoms with Gasteiger partial charge in [0.05, 0.1) is 0 Å². The zero-order valence-corrected chi connectivity index (χ0v) is 14.9. The van der Waals surface area contributed by atoms with Crippen LogP contribution < -0.4 is 10.0 Å². The molecule has 1 aliphatic heterocycles. The van der Waals surface area contributed by atoms with Gasteiger partial charge in [-0.05, 0) is 50.6 Å². The summed E-state index contributed by atoms with van der Waals surface area (Å²) < 4.78 is 29.6. The Morgan fingerprint density at radius 1 is 1.29 bits per heavy atom. The number of rotatable bonds is 9. The first-order valence-electron chi connectivity index (χ1n) is 8.38. The van der Waals surface area contributed by atoms with Gasteiger partial charge in [-0.3, -0.25) is 0 Å². The topological polar surface area (TPSA) is 61.4 Å². The van der Waals surface area contributed by atoms with Gasteiger partial charge in [0.1, 0.15) is 0 Å². The van der Waals surface area contributed by atoms with Crippen LogP contribution in [-0.2, 0) is 10.2 Å². The van der Waals surface area contributed by atoms with Crippen molar-refractivity contribution in [2.24, 2.45) is 11.8 Å². The number of nitrogens with zero attached hydrogens (tertiary/aromatic N) is 1. The average molecular weight is 320 g/mol. The Morgan fingerprint density at radius 3 is 2.57 bits per heavy atom. The fourth-order valence-corrected chi connectivity index (χ4v) is 4.60. The largest absolute Gasteiger partial charge is 0.316 e. The summed E-state index contributed by atoms with van der Waals surface area (Å²) in [4.78, 5) is 0. The molecule has 1 saturated heterocycles. The molecule has 0 aromatic rings. The molecule has 2 atom stereocenters. The summed E-state index contributed by atoms with van der Waals surface area (Å²) in [5.74, 6) is 0.748. The molecule has 0 amide bonds. The second-order valence-corrected chi connectivity index (χ2v) is 8.15. The van der Waals surface area contributed by atoms with Crippen molar-refractivity contribution in [3.63, 3.8) is 0 Å². The molecule has 1 aliphatic rings. The van der Waals surface area contributed by atoms with Gasteiger partial charge < -0.3 is 5.32 Å². The van der Waals surface area contributed by atoms with Crippen molar-refractivity contribution in [2.45, 2.75) is 59.4 Å². The van der Waals surface area contributed by atoms with Crippen molar-refractivity contribution >= 4 is 10.2 Å². The Kier molecular flexibility index (Phi) is 8.16. The fraction of sp³-hybridized carbons (Fsp3) is 1.00. The van der Waals surface area contributed by atoms with E-state index in [1.807, 2.05) is 6.92 Å². The Balaban J connectivity index is 2.57. The van der Waals surface area contributed by atoms with Crippen LogP contribution in [0.2, 0.25) is 0 Å². The number of nitrogens with one attached hydrogen (secondary N) is 2. The highest BCUT2D eigenvalue weighted by atomic mass is 32.2. The molecule has 2 N–H and O–H groups in total. The predicted molar refractivity (Wildman–Crippen MR) is 88.4 cm³/mol. The zero-order valence-electron chi connectivity index (χ0n) is 14.1. The van der Waals surface area contributed by atoms with E-state index in [9.17, 15) is 8.42 Å². The van der Waals surface area contributed by atoms with E-state index in [1.165, 1.54) is 0 Å². The third kappa shape index (κ3) is 6.22. The first-order valence-corrected chi connectivity index (χ1v) is 9.82. The lowest BCUT2D eigenvalue weighted by molar-refractivity contribution is 0.255. The molecule has 0 aromatic heterocycles. The highest BCUT2D eigenvalue weighted by molar-refractivity contribution is 7.87. The maximum atomic E-state index is 12.5. The summed E-state index contributed by atoms with van der Waals surface area (Å²) in [5, 5.41) is 3.41. The maximum absolute atomic E-state index is 12.5. The van der Waals surface area contributed by atoms with E-state index >= 15 is 0 Å². The normalized spacial score (nSPS) is 22.6. The molecule has 1 rings (SSSR count). The van der Waals surface area contributed by atoms with Crippen molar-refractivity contribution < 1.29 is 8.42 Å². The molecule has 2 unspecified atom stereocenters. The summed E-state index contributed by atoms with van der Waals surface area (Å²) >= 11 is 0. The minimum Gasteiger partial charge on any atom is -0.316 e. The highest BCUT2D eigenvalue weighted by Crippen LogP contribution is 2.19. The molecule has 0 aliphatic carbocycles. The molecular formula is C15H33N3O2S. The van der Waals surface area contributed by atoms with Crippen LogP contribution >= 0.6 is 0 Å². The first kappa shape index (κ1) is 18.9. The smallest absolute Gasteiger partial charge is 0.279 e. The number of hydrogen-bond acceptors (Lipinski definition) is 3. The molecule has 21 heavy (non-hydrogen) atoms. The summed E-state index contributed by atoms with van der Waals surface area (Å²) in [7, 11) is -3.35. The molecule has 0 aromatic carbocycles. The Hall–Kier alpha value is -0.170. The quantitative estimate of drug-likeness (QED) is 0.639. The number of piperidine rings is 1. The van der Waals surface area contributed by atoms with Crippen molar-refractivity contribution in [3.8, 4) is 0 Å². The Bertz CT molecular complexity index is 384. The van der Waals surface area contributed by atoms with Crippen LogP contribution in [0.25, 0.3) is 0 Å². The molecule has 0 radical (unpaired) electrons. The van der Waals surface area contributed by atoms with Gasteiger partial charge in [-0.25, -0.2) is 0 Å². The zero-order chi connectivity index (χ0) is 15.9. The van der Waals surface area contributed by atoms with Gasteiger partial charge >= 0.3 is 0 Å². The maximum Gasteiger partial charge on any atom is 0.279 e. The fourth-order valence-electron chi connectivity index (χ4n) is 2.85. The molecule has 126 valence electrons. The number of hydrogen-bond donors (Lipinski definition) is 2. The Labute approximate surface area is 131 Å². The third-order valence-corrected chi connectivity index (χ3v) is 5.84. The molecular weight excluding hydrogens is 286 g/mol. The van der Waals surface area contributed by atoms with Crippen LogP contribution in [0.5, 0.6) is 0 Å². The van der Waals surface area contributed by atoms with Gasteiger partial charge in [0.25, 0.3) is 10.2 Å². The predicted octanol–water partition coefficient (Wildman–Crippen LogP) is 1.97. The minimum atomic E-state index is -3.35. The Morgan fingerprint density at radius 2 is 2.00 bits per heavy atom. The summed E-state index contributed by atoms with van der Waals surface area (Å²) in [6, 6.07) is 0.0218. The standard InChI is InChI=1S/C15H33N3O2S/c1-5-9-16-11-14-8-7-10-18(12-14)21(19,20)17-15(6-2)13(3)4/h13-17H,5-12H2,1-4H3. The molecule has 1 heterocycles. The van der Waals surface area contributed by atoms with Crippen LogP contribution in [0.4, 0.5) is 0 Å². The van der Waals surface area contributed by atoms with E-state index in [2.05, 4.69) is 30.8 Å². The highest BCUT2D eigenvalue weighted by Gasteiger charge is 2.30. The summed E-state index contributed by atoms with van der Waals surface area (Å²) in [5.41, 5.74) is 0. The minimum absolute atomic E-state index is 0.0218. The molecule has 0 spiro atoms. The van der Waals surface area contributed by atoms with E-state index in [1.54, 1.807) is 4.31 Å². The van der Waals surface area contributed by atoms with E-state index < -0.39 is 10.2 Å². The van der Waals surface area contributed by atoms with Crippen LogP contribution in [0.3, 0.4) is 0 Å². The van der Waals surface area contributed by atoms with Crippen molar-refractivity contribution in [3.05, 3.63) is 0 Å². The van der Waals surface area contributed by atoms with E-state index in [0.717, 1.165) is 38.8 Å². The second kappa shape index (κ2) is 9.08. The van der Waals surface area contributed by atoms with E-state index in [-0.39, 0.29) is 6.04 Å². The van der Waals surface area contributed by atoms with Crippen molar-refractivity contribution in [2.75, 3.05) is 26.2 Å². The summed E-state index contributed by atoms with van der Waals surface area (Å²) in [6.07, 6.45) is 4.01. The van der Waals surface area contributed by atoms with E-state index in [4.69, 9.17) is 0 Å². The van der Waals surface area contributed by atoms with Gasteiger partial charge in [0.15, 0.2) is 0 Å². The molecule has 6 heteroatoms. The van der Waals surface area contributed by atoms with Gasteiger partial charge in [0.2, 0.25) is 0 Å². The van der Waals surface area contributed by atoms with Crippen LogP contribution in [0.1, 0.15) is 53.4 Å². The molecule has 0 saturated carbocycles. The van der Waals surface area contributed by atoms with Crippen LogP contribution in [-0.4, -0.2) is 44.9 Å². The van der Waals surface area contributed by atoms with Crippen molar-refractivity contribution in [1.29, 1.82) is 0 Å². The average Bonchev–Trinajstić information content (AvgIpc) is 2.45. The van der Waals surface area contributed by atoms with Gasteiger partial charge in [0, 0.05) is 19.1 Å². The van der Waals surface area contributed by atoms with Gasteiger partial charge in [-0.15, -0.1) is 0 Å². The molecule has 5 nitrogen and oxygen atoms in total. The monoisotopic (exact) mass is 319 g/mol. The molecule has 0 bridgehead atoms. The molecule has 1 fully saturated rings. The summed E-state index contributed by atoms with van der Waals surface area (Å²) in [6.45, 7) is 11.5. The van der Waals surface area contributed by atoms with Crippen LogP contribution in [0, 0.1) is 11.8 Å². The van der Waals surface area contributed by atoms with Crippen molar-refractivity contribution in [1.82, 2.24) is 14.3 Å². The van der Waals surface area contributed by atoms with Gasteiger partial charge in [-0.1, -0.05) is 27.7 Å². The first-order chi connectivity index (χ1) is 9.90. The second-order valence-electron chi connectivity index (χ2n) is 6.45. The lowest BCUT2D eigenvalue weighted by atomic mass is 10.00. The van der Waals surface area contributed by atoms with Gasteiger partial charge in [-0.2, -0.15) is 17.4 Å². The third-order valence-electron chi connectivity index (χ3n) is 4.23. The lowest BCUT2D eigenvalue weighted by Crippen LogP contribution is -2.51.